The van der Waals surface area contributed by atoms with Crippen LogP contribution in [0.25, 0.3) is 0 Å². The number of ether oxygens (including phenoxy) is 1. The molecule has 8 nitrogen and oxygen atoms in total. The van der Waals surface area contributed by atoms with Crippen molar-refractivity contribution < 1.29 is 24.4 Å². The third-order valence-corrected chi connectivity index (χ3v) is 4.56. The lowest BCUT2D eigenvalue weighted by molar-refractivity contribution is -0.385. The second kappa shape index (κ2) is 6.86. The van der Waals surface area contributed by atoms with Crippen molar-refractivity contribution in [2.75, 3.05) is 13.7 Å². The van der Waals surface area contributed by atoms with Gasteiger partial charge in [-0.05, 0) is 32.8 Å². The molecule has 8 heteroatoms. The molecule has 0 radical (unpaired) electrons. The zero-order valence-corrected chi connectivity index (χ0v) is 13.8. The summed E-state index contributed by atoms with van der Waals surface area (Å²) in [4.78, 5) is 36.2. The van der Waals surface area contributed by atoms with Crippen molar-refractivity contribution in [3.8, 4) is 5.75 Å². The molecule has 1 N–H and O–H groups in total. The van der Waals surface area contributed by atoms with E-state index in [1.807, 2.05) is 0 Å². The Kier molecular flexibility index (Phi) is 5.06. The van der Waals surface area contributed by atoms with E-state index in [2.05, 4.69) is 0 Å². The largest absolute Gasteiger partial charge is 0.496 e. The van der Waals surface area contributed by atoms with Gasteiger partial charge >= 0.3 is 5.97 Å². The van der Waals surface area contributed by atoms with Crippen LogP contribution in [0.5, 0.6) is 5.75 Å². The van der Waals surface area contributed by atoms with E-state index in [-0.39, 0.29) is 17.0 Å². The first-order valence-electron chi connectivity index (χ1n) is 7.64. The topological polar surface area (TPSA) is 110 Å². The molecule has 130 valence electrons. The molecule has 1 fully saturated rings. The number of methoxy groups -OCH3 is 1. The third kappa shape index (κ3) is 3.17. The first-order valence-corrected chi connectivity index (χ1v) is 7.64. The van der Waals surface area contributed by atoms with E-state index in [4.69, 9.17) is 4.74 Å². The number of piperidine rings is 1. The Hall–Kier alpha value is -2.64. The number of aliphatic carboxylic acids is 1. The predicted octanol–water partition coefficient (Wildman–Crippen LogP) is 2.24. The normalized spacial score (nSPS) is 20.5. The molecule has 0 aliphatic carbocycles. The average molecular weight is 336 g/mol. The van der Waals surface area contributed by atoms with E-state index in [1.54, 1.807) is 13.8 Å². The van der Waals surface area contributed by atoms with Gasteiger partial charge in [0.1, 0.15) is 5.75 Å². The maximum Gasteiger partial charge on any atom is 0.308 e. The van der Waals surface area contributed by atoms with Crippen LogP contribution < -0.4 is 4.74 Å². The van der Waals surface area contributed by atoms with Gasteiger partial charge in [-0.15, -0.1) is 0 Å². The Labute approximate surface area is 139 Å². The van der Waals surface area contributed by atoms with Gasteiger partial charge in [-0.25, -0.2) is 0 Å². The van der Waals surface area contributed by atoms with E-state index in [1.165, 1.54) is 24.1 Å². The first kappa shape index (κ1) is 17.7. The summed E-state index contributed by atoms with van der Waals surface area (Å²) in [5.41, 5.74) is 0.272. The number of carboxylic acid groups (broad SMARTS) is 1. The Balaban J connectivity index is 2.40. The van der Waals surface area contributed by atoms with Crippen LogP contribution in [0.3, 0.4) is 0 Å². The molecular weight excluding hydrogens is 316 g/mol. The lowest BCUT2D eigenvalue weighted by Gasteiger charge is -2.37. The van der Waals surface area contributed by atoms with Crippen LogP contribution in [0.2, 0.25) is 0 Å². The minimum absolute atomic E-state index is 0.127. The maximum atomic E-state index is 12.8. The van der Waals surface area contributed by atoms with Gasteiger partial charge in [-0.3, -0.25) is 19.7 Å². The SMILES string of the molecule is COc1cc(C(=O)N2CCC[C@H](C(=O)O)[C@@H]2C)cc([N+](=O)[O-])c1C. The average Bonchev–Trinajstić information content (AvgIpc) is 2.54. The number of likely N-dealkylation sites (tertiary alicyclic amines) is 1. The van der Waals surface area contributed by atoms with Crippen molar-refractivity contribution >= 4 is 17.6 Å². The Morgan fingerprint density at radius 2 is 2.08 bits per heavy atom. The van der Waals surface area contributed by atoms with Gasteiger partial charge in [-0.1, -0.05) is 0 Å². The zero-order chi connectivity index (χ0) is 18.0. The molecule has 1 aromatic carbocycles. The summed E-state index contributed by atoms with van der Waals surface area (Å²) in [5.74, 6) is -1.74. The van der Waals surface area contributed by atoms with E-state index < -0.39 is 28.8 Å². The Morgan fingerprint density at radius 3 is 2.62 bits per heavy atom. The molecular formula is C16H20N2O6. The molecule has 0 spiro atoms. The van der Waals surface area contributed by atoms with E-state index in [0.717, 1.165) is 0 Å². The summed E-state index contributed by atoms with van der Waals surface area (Å²) in [6, 6.07) is 2.20. The molecule has 0 bridgehead atoms. The summed E-state index contributed by atoms with van der Waals surface area (Å²) < 4.78 is 5.13. The third-order valence-electron chi connectivity index (χ3n) is 4.56. The van der Waals surface area contributed by atoms with Gasteiger partial charge in [0.05, 0.1) is 29.1 Å². The van der Waals surface area contributed by atoms with Gasteiger partial charge < -0.3 is 14.7 Å². The maximum absolute atomic E-state index is 12.8. The van der Waals surface area contributed by atoms with Crippen LogP contribution in [0, 0.1) is 23.0 Å². The van der Waals surface area contributed by atoms with E-state index in [9.17, 15) is 24.8 Å². The molecule has 1 aliphatic heterocycles. The molecule has 0 aromatic heterocycles. The quantitative estimate of drug-likeness (QED) is 0.667. The van der Waals surface area contributed by atoms with Crippen LogP contribution in [-0.4, -0.2) is 46.5 Å². The minimum atomic E-state index is -0.938. The van der Waals surface area contributed by atoms with Gasteiger partial charge in [0.2, 0.25) is 0 Å². The Bertz CT molecular complexity index is 687. The fraction of sp³-hybridized carbons (Fsp3) is 0.500. The highest BCUT2D eigenvalue weighted by Crippen LogP contribution is 2.32. The van der Waals surface area contributed by atoms with Crippen LogP contribution in [0.4, 0.5) is 5.69 Å². The first-order chi connectivity index (χ1) is 11.3. The number of nitro benzene ring substituents is 1. The number of hydrogen-bond acceptors (Lipinski definition) is 5. The van der Waals surface area contributed by atoms with Crippen molar-refractivity contribution in [3.05, 3.63) is 33.4 Å². The van der Waals surface area contributed by atoms with Crippen molar-refractivity contribution in [3.63, 3.8) is 0 Å². The number of benzene rings is 1. The van der Waals surface area contributed by atoms with Crippen LogP contribution in [0.15, 0.2) is 12.1 Å². The van der Waals surface area contributed by atoms with Crippen LogP contribution in [-0.2, 0) is 4.79 Å². The van der Waals surface area contributed by atoms with Crippen LogP contribution in [0.1, 0.15) is 35.7 Å². The summed E-state index contributed by atoms with van der Waals surface area (Å²) in [6.45, 7) is 3.67. The molecule has 1 aliphatic rings. The van der Waals surface area contributed by atoms with Crippen molar-refractivity contribution in [1.29, 1.82) is 0 Å². The monoisotopic (exact) mass is 336 g/mol. The number of carboxylic acids is 1. The summed E-state index contributed by atoms with van der Waals surface area (Å²) in [5, 5.41) is 20.5. The molecule has 0 saturated carbocycles. The van der Waals surface area contributed by atoms with E-state index >= 15 is 0 Å². The molecule has 1 amide bonds. The molecule has 2 rings (SSSR count). The second-order valence-electron chi connectivity index (χ2n) is 5.91. The highest BCUT2D eigenvalue weighted by Gasteiger charge is 2.36. The Morgan fingerprint density at radius 1 is 1.42 bits per heavy atom. The number of hydrogen-bond donors (Lipinski definition) is 1. The highest BCUT2D eigenvalue weighted by atomic mass is 16.6. The molecule has 1 saturated heterocycles. The number of nitro groups is 1. The molecule has 0 unspecified atom stereocenters. The number of amides is 1. The van der Waals surface area contributed by atoms with Gasteiger partial charge in [0.15, 0.2) is 0 Å². The minimum Gasteiger partial charge on any atom is -0.496 e. The second-order valence-corrected chi connectivity index (χ2v) is 5.91. The fourth-order valence-corrected chi connectivity index (χ4v) is 3.12. The number of nitrogens with zero attached hydrogens (tertiary/aromatic N) is 2. The molecule has 24 heavy (non-hydrogen) atoms. The van der Waals surface area contributed by atoms with Crippen molar-refractivity contribution in [2.24, 2.45) is 5.92 Å². The molecule has 1 heterocycles. The van der Waals surface area contributed by atoms with Gasteiger partial charge in [-0.2, -0.15) is 0 Å². The fourth-order valence-electron chi connectivity index (χ4n) is 3.12. The number of carbonyl (C=O) groups excluding carboxylic acids is 1. The zero-order valence-electron chi connectivity index (χ0n) is 13.8. The van der Waals surface area contributed by atoms with Crippen molar-refractivity contribution in [2.45, 2.75) is 32.7 Å². The summed E-state index contributed by atoms with van der Waals surface area (Å²) in [7, 11) is 1.38. The van der Waals surface area contributed by atoms with Crippen LogP contribution >= 0.6 is 0 Å². The summed E-state index contributed by atoms with van der Waals surface area (Å²) in [6.07, 6.45) is 1.09. The van der Waals surface area contributed by atoms with E-state index in [0.29, 0.717) is 24.9 Å². The molecule has 2 atom stereocenters. The van der Waals surface area contributed by atoms with Gasteiger partial charge in [0, 0.05) is 18.7 Å². The molecule has 1 aromatic rings. The number of rotatable bonds is 4. The van der Waals surface area contributed by atoms with Gasteiger partial charge in [0.25, 0.3) is 11.6 Å². The smallest absolute Gasteiger partial charge is 0.308 e. The predicted molar refractivity (Wildman–Crippen MR) is 85.2 cm³/mol. The number of carbonyl (C=O) groups is 2. The summed E-state index contributed by atoms with van der Waals surface area (Å²) >= 11 is 0. The standard InChI is InChI=1S/C16H20N2O6/c1-9-13(18(22)23)7-11(8-14(9)24-3)15(19)17-6-4-5-12(10(17)2)16(20)21/h7-8,10,12H,4-6H2,1-3H3,(H,20,21)/t10-,12-/m0/s1. The van der Waals surface area contributed by atoms with Crippen molar-refractivity contribution in [1.82, 2.24) is 4.90 Å². The lowest BCUT2D eigenvalue weighted by Crippen LogP contribution is -2.49. The highest BCUT2D eigenvalue weighted by molar-refractivity contribution is 5.96. The lowest BCUT2D eigenvalue weighted by atomic mass is 9.89.